The molecule has 92 valence electrons. The molecule has 17 heavy (non-hydrogen) atoms. The van der Waals surface area contributed by atoms with Crippen molar-refractivity contribution in [3.63, 3.8) is 0 Å². The Labute approximate surface area is 103 Å². The third-order valence-electron chi connectivity index (χ3n) is 2.24. The number of benzene rings is 1. The fourth-order valence-corrected chi connectivity index (χ4v) is 1.80. The number of fused-ring (bicyclic) bond motifs is 1. The Balaban J connectivity index is 2.25. The molecule has 1 amide bonds. The van der Waals surface area contributed by atoms with Gasteiger partial charge in [-0.15, -0.1) is 0 Å². The van der Waals surface area contributed by atoms with Crippen molar-refractivity contribution in [3.05, 3.63) is 28.3 Å². The van der Waals surface area contributed by atoms with Crippen LogP contribution in [0.5, 0.6) is 5.75 Å². The monoisotopic (exact) mass is 257 g/mol. The first kappa shape index (κ1) is 12.1. The van der Waals surface area contributed by atoms with Crippen molar-refractivity contribution in [1.29, 1.82) is 0 Å². The summed E-state index contributed by atoms with van der Waals surface area (Å²) in [6.45, 7) is 1.07. The Bertz CT molecular complexity index is 453. The average Bonchev–Trinajstić information content (AvgIpc) is 2.67. The molecule has 2 rings (SSSR count). The van der Waals surface area contributed by atoms with Crippen molar-refractivity contribution in [2.24, 2.45) is 11.5 Å². The summed E-state index contributed by atoms with van der Waals surface area (Å²) in [7, 11) is 0. The molecule has 1 aliphatic heterocycles. The van der Waals surface area contributed by atoms with Gasteiger partial charge < -0.3 is 16.3 Å². The third kappa shape index (κ3) is 2.50. The van der Waals surface area contributed by atoms with Crippen LogP contribution >= 0.6 is 11.6 Å². The molecule has 0 aromatic heterocycles. The number of nitrogens with two attached hydrogens (primary N) is 2. The van der Waals surface area contributed by atoms with Gasteiger partial charge in [-0.25, -0.2) is 0 Å². The molecule has 7 heteroatoms. The molecule has 4 N–H and O–H groups in total. The Morgan fingerprint density at radius 3 is 3.00 bits per heavy atom. The number of halogens is 1. The first-order chi connectivity index (χ1) is 8.11. The van der Waals surface area contributed by atoms with Gasteiger partial charge in [-0.3, -0.25) is 9.63 Å². The van der Waals surface area contributed by atoms with E-state index < -0.39 is 5.91 Å². The molecule has 6 nitrogen and oxygen atoms in total. The van der Waals surface area contributed by atoms with Crippen molar-refractivity contribution >= 4 is 17.5 Å². The highest BCUT2D eigenvalue weighted by molar-refractivity contribution is 6.31. The van der Waals surface area contributed by atoms with Crippen molar-refractivity contribution in [1.82, 2.24) is 5.23 Å². The maximum Gasteiger partial charge on any atom is 0.252 e. The van der Waals surface area contributed by atoms with E-state index in [1.54, 1.807) is 6.07 Å². The van der Waals surface area contributed by atoms with Gasteiger partial charge in [-0.2, -0.15) is 0 Å². The number of hydrogen-bond acceptors (Lipinski definition) is 5. The summed E-state index contributed by atoms with van der Waals surface area (Å²) in [6.07, 6.45) is 0. The summed E-state index contributed by atoms with van der Waals surface area (Å²) >= 11 is 5.88. The Morgan fingerprint density at radius 1 is 1.59 bits per heavy atom. The van der Waals surface area contributed by atoms with Crippen molar-refractivity contribution in [2.45, 2.75) is 6.54 Å². The van der Waals surface area contributed by atoms with E-state index in [1.807, 2.05) is 0 Å². The molecule has 1 aromatic rings. The van der Waals surface area contributed by atoms with Crippen molar-refractivity contribution in [2.75, 3.05) is 13.2 Å². The number of hydrogen-bond donors (Lipinski definition) is 2. The molecule has 0 saturated heterocycles. The Morgan fingerprint density at radius 2 is 2.35 bits per heavy atom. The first-order valence-electron chi connectivity index (χ1n) is 5.02. The Kier molecular flexibility index (Phi) is 3.49. The zero-order valence-corrected chi connectivity index (χ0v) is 9.74. The number of carbonyl (C=O) groups excluding carboxylic acids is 1. The smallest absolute Gasteiger partial charge is 0.252 e. The van der Waals surface area contributed by atoms with Gasteiger partial charge in [-0.1, -0.05) is 11.6 Å². The Hall–Kier alpha value is -1.34. The highest BCUT2D eigenvalue weighted by Crippen LogP contribution is 2.34. The largest absolute Gasteiger partial charge is 0.379 e. The quantitative estimate of drug-likeness (QED) is 0.817. The van der Waals surface area contributed by atoms with E-state index in [0.717, 1.165) is 5.56 Å². The lowest BCUT2D eigenvalue weighted by molar-refractivity contribution is -0.310. The van der Waals surface area contributed by atoms with Gasteiger partial charge in [0.2, 0.25) is 0 Å². The highest BCUT2D eigenvalue weighted by Gasteiger charge is 2.27. The molecular weight excluding hydrogens is 246 g/mol. The van der Waals surface area contributed by atoms with Crippen LogP contribution in [-0.2, 0) is 11.4 Å². The molecule has 1 heterocycles. The van der Waals surface area contributed by atoms with Crippen molar-refractivity contribution < 1.29 is 14.5 Å². The first-order valence-corrected chi connectivity index (χ1v) is 5.40. The normalized spacial score (nSPS) is 14.5. The van der Waals surface area contributed by atoms with Gasteiger partial charge in [0, 0.05) is 17.1 Å². The zero-order valence-electron chi connectivity index (χ0n) is 8.98. The topological polar surface area (TPSA) is 90.8 Å². The molecular formula is C10H12ClN3O3. The van der Waals surface area contributed by atoms with E-state index in [0.29, 0.717) is 30.5 Å². The van der Waals surface area contributed by atoms with Crippen LogP contribution in [0.15, 0.2) is 12.1 Å². The zero-order chi connectivity index (χ0) is 12.4. The van der Waals surface area contributed by atoms with Crippen LogP contribution in [0, 0.1) is 0 Å². The summed E-state index contributed by atoms with van der Waals surface area (Å²) in [5.41, 5.74) is 11.6. The summed E-state index contributed by atoms with van der Waals surface area (Å²) in [4.78, 5) is 21.8. The lowest BCUT2D eigenvalue weighted by atomic mass is 10.1. The highest BCUT2D eigenvalue weighted by atomic mass is 35.5. The van der Waals surface area contributed by atoms with E-state index in [2.05, 4.69) is 0 Å². The van der Waals surface area contributed by atoms with Crippen LogP contribution < -0.4 is 16.3 Å². The molecule has 0 radical (unpaired) electrons. The second kappa shape index (κ2) is 4.89. The van der Waals surface area contributed by atoms with Crippen LogP contribution in [0.1, 0.15) is 15.9 Å². The fourth-order valence-electron chi connectivity index (χ4n) is 1.56. The van der Waals surface area contributed by atoms with Gasteiger partial charge >= 0.3 is 0 Å². The number of nitrogens with zero attached hydrogens (tertiary/aromatic N) is 1. The van der Waals surface area contributed by atoms with Gasteiger partial charge in [0.25, 0.3) is 5.91 Å². The predicted octanol–water partition coefficient (Wildman–Crippen LogP) is 0.439. The number of hydroxylamine groups is 2. The molecule has 0 fully saturated rings. The minimum atomic E-state index is -0.593. The standard InChI is InChI=1S/C10H12ClN3O3/c11-7-3-6-5-14(16-2-1-12)17-9(6)8(4-7)10(13)15/h3-4H,1-2,5,12H2,(H2,13,15). The van der Waals surface area contributed by atoms with Gasteiger partial charge in [0.1, 0.15) is 0 Å². The van der Waals surface area contributed by atoms with Crippen LogP contribution in [0.2, 0.25) is 5.02 Å². The second-order valence-electron chi connectivity index (χ2n) is 3.51. The molecule has 0 saturated carbocycles. The number of carbonyl (C=O) groups is 1. The SMILES string of the molecule is NCCON1Cc2cc(Cl)cc(C(N)=O)c2O1. The molecule has 0 spiro atoms. The summed E-state index contributed by atoms with van der Waals surface area (Å²) < 4.78 is 0. The molecule has 0 bridgehead atoms. The molecule has 0 unspecified atom stereocenters. The number of primary amides is 1. The summed E-state index contributed by atoms with van der Waals surface area (Å²) in [5.74, 6) is -0.205. The van der Waals surface area contributed by atoms with Gasteiger partial charge in [0.15, 0.2) is 5.75 Å². The fraction of sp³-hybridized carbons (Fsp3) is 0.300. The minimum absolute atomic E-state index is 0.242. The van der Waals surface area contributed by atoms with E-state index in [-0.39, 0.29) is 5.56 Å². The molecule has 1 aromatic carbocycles. The van der Waals surface area contributed by atoms with Crippen molar-refractivity contribution in [3.8, 4) is 5.75 Å². The lowest BCUT2D eigenvalue weighted by Gasteiger charge is -2.13. The van der Waals surface area contributed by atoms with Gasteiger partial charge in [-0.05, 0) is 17.4 Å². The van der Waals surface area contributed by atoms with E-state index in [4.69, 9.17) is 32.7 Å². The van der Waals surface area contributed by atoms with Crippen LogP contribution in [0.3, 0.4) is 0 Å². The van der Waals surface area contributed by atoms with Gasteiger partial charge in [0.05, 0.1) is 18.7 Å². The molecule has 0 aliphatic carbocycles. The van der Waals surface area contributed by atoms with Crippen LogP contribution in [0.4, 0.5) is 0 Å². The molecule has 0 atom stereocenters. The maximum absolute atomic E-state index is 11.2. The summed E-state index contributed by atoms with van der Waals surface area (Å²) in [6, 6.07) is 3.17. The maximum atomic E-state index is 11.2. The summed E-state index contributed by atoms with van der Waals surface area (Å²) in [5, 5.41) is 1.68. The average molecular weight is 258 g/mol. The minimum Gasteiger partial charge on any atom is -0.379 e. The van der Waals surface area contributed by atoms with E-state index >= 15 is 0 Å². The second-order valence-corrected chi connectivity index (χ2v) is 3.95. The third-order valence-corrected chi connectivity index (χ3v) is 2.46. The van der Waals surface area contributed by atoms with Crippen LogP contribution in [0.25, 0.3) is 0 Å². The van der Waals surface area contributed by atoms with Crippen LogP contribution in [-0.4, -0.2) is 24.3 Å². The number of rotatable bonds is 4. The number of amides is 1. The predicted molar refractivity (Wildman–Crippen MR) is 61.1 cm³/mol. The lowest BCUT2D eigenvalue weighted by Crippen LogP contribution is -2.25. The van der Waals surface area contributed by atoms with E-state index in [1.165, 1.54) is 11.3 Å². The molecule has 1 aliphatic rings. The van der Waals surface area contributed by atoms with E-state index in [9.17, 15) is 4.79 Å².